The van der Waals surface area contributed by atoms with Crippen molar-refractivity contribution in [2.45, 2.75) is 13.0 Å². The number of halogens is 1. The second-order valence-corrected chi connectivity index (χ2v) is 7.15. The third-order valence-electron chi connectivity index (χ3n) is 4.92. The minimum absolute atomic E-state index is 0. The van der Waals surface area contributed by atoms with Gasteiger partial charge in [0.25, 0.3) is 0 Å². The number of imidazole rings is 1. The number of nitrogens with one attached hydrogen (secondary N) is 2. The summed E-state index contributed by atoms with van der Waals surface area (Å²) >= 11 is 6.25. The average molecular weight is 449 g/mol. The van der Waals surface area contributed by atoms with E-state index in [9.17, 15) is 0 Å². The van der Waals surface area contributed by atoms with Gasteiger partial charge in [0.05, 0.1) is 29.9 Å². The Kier molecular flexibility index (Phi) is 5.50. The lowest BCUT2D eigenvalue weighted by Gasteiger charge is -2.19. The standard InChI is InChI=1S/C21H15ClN8.H2S/c1-12(28-21-18-15(23-2)9-25-20(18)26-11-27-21)14-8-17-24-10-16(22)30(17)29-19(14)13-6-4-3-5-7-13;/h3-12H,1H3,(H2,25,26,27,28);1H2/t12-;/m0./s1. The molecule has 10 heteroatoms. The molecule has 5 aromatic rings. The molecule has 0 saturated heterocycles. The van der Waals surface area contributed by atoms with E-state index in [1.54, 1.807) is 16.9 Å². The summed E-state index contributed by atoms with van der Waals surface area (Å²) in [6, 6.07) is 11.7. The van der Waals surface area contributed by atoms with E-state index in [1.165, 1.54) is 6.33 Å². The Morgan fingerprint density at radius 3 is 2.77 bits per heavy atom. The van der Waals surface area contributed by atoms with Gasteiger partial charge in [-0.15, -0.1) is 0 Å². The SMILES string of the molecule is S.[C-]#[N+]c1c[nH]c2ncnc(N[C@@H](C)c3cc4ncc(Cl)n4nc3-c3ccccc3)c12. The predicted molar refractivity (Wildman–Crippen MR) is 126 cm³/mol. The van der Waals surface area contributed by atoms with Gasteiger partial charge in [-0.05, 0) is 13.0 Å². The molecule has 0 aliphatic heterocycles. The summed E-state index contributed by atoms with van der Waals surface area (Å²) < 4.78 is 1.62. The van der Waals surface area contributed by atoms with Crippen LogP contribution in [0.3, 0.4) is 0 Å². The monoisotopic (exact) mass is 448 g/mol. The number of aromatic amines is 1. The topological polar surface area (TPSA) is 88.1 Å². The number of benzene rings is 1. The van der Waals surface area contributed by atoms with Crippen molar-refractivity contribution in [3.63, 3.8) is 0 Å². The van der Waals surface area contributed by atoms with Gasteiger partial charge in [0.15, 0.2) is 10.8 Å². The van der Waals surface area contributed by atoms with Crippen LogP contribution in [0.5, 0.6) is 0 Å². The summed E-state index contributed by atoms with van der Waals surface area (Å²) in [5.74, 6) is 0.583. The maximum Gasteiger partial charge on any atom is 0.217 e. The Labute approximate surface area is 189 Å². The number of fused-ring (bicyclic) bond motifs is 2. The molecule has 0 aliphatic carbocycles. The molecule has 4 aromatic heterocycles. The number of nitrogens with zero attached hydrogens (tertiary/aromatic N) is 6. The quantitative estimate of drug-likeness (QED) is 0.371. The fourth-order valence-corrected chi connectivity index (χ4v) is 3.65. The molecule has 0 aliphatic rings. The molecule has 4 heterocycles. The van der Waals surface area contributed by atoms with Crippen molar-refractivity contribution in [1.82, 2.24) is 29.5 Å². The van der Waals surface area contributed by atoms with Crippen LogP contribution in [0.2, 0.25) is 5.15 Å². The maximum atomic E-state index is 7.41. The van der Waals surface area contributed by atoms with Crippen molar-refractivity contribution < 1.29 is 0 Å². The third kappa shape index (κ3) is 3.56. The Morgan fingerprint density at radius 2 is 2.00 bits per heavy atom. The van der Waals surface area contributed by atoms with Crippen LogP contribution in [0.1, 0.15) is 18.5 Å². The van der Waals surface area contributed by atoms with Crippen LogP contribution in [0.25, 0.3) is 32.8 Å². The normalized spacial score (nSPS) is 11.8. The lowest BCUT2D eigenvalue weighted by atomic mass is 10.0. The van der Waals surface area contributed by atoms with Gasteiger partial charge < -0.3 is 10.3 Å². The van der Waals surface area contributed by atoms with Crippen LogP contribution >= 0.6 is 25.1 Å². The molecule has 0 spiro atoms. The Balaban J connectivity index is 0.00000231. The van der Waals surface area contributed by atoms with Gasteiger partial charge in [-0.25, -0.2) is 24.3 Å². The zero-order chi connectivity index (χ0) is 20.7. The van der Waals surface area contributed by atoms with E-state index in [4.69, 9.17) is 23.3 Å². The number of hydrogen-bond donors (Lipinski definition) is 2. The third-order valence-corrected chi connectivity index (χ3v) is 5.17. The molecular formula is C21H17ClN8S. The van der Waals surface area contributed by atoms with Crippen molar-refractivity contribution >= 4 is 53.3 Å². The maximum absolute atomic E-state index is 7.41. The highest BCUT2D eigenvalue weighted by atomic mass is 35.5. The summed E-state index contributed by atoms with van der Waals surface area (Å²) in [6.45, 7) is 9.43. The summed E-state index contributed by atoms with van der Waals surface area (Å²) in [6.07, 6.45) is 4.68. The molecule has 8 nitrogen and oxygen atoms in total. The Hall–Kier alpha value is -3.61. The highest BCUT2D eigenvalue weighted by molar-refractivity contribution is 7.59. The summed E-state index contributed by atoms with van der Waals surface area (Å²) in [5, 5.41) is 9.28. The average Bonchev–Trinajstić information content (AvgIpc) is 3.37. The van der Waals surface area contributed by atoms with E-state index in [0.717, 1.165) is 16.8 Å². The zero-order valence-corrected chi connectivity index (χ0v) is 18.1. The first-order chi connectivity index (χ1) is 14.7. The number of H-pyrrole nitrogens is 1. The molecule has 0 radical (unpaired) electrons. The Morgan fingerprint density at radius 1 is 1.19 bits per heavy atom. The van der Waals surface area contributed by atoms with Crippen molar-refractivity contribution in [1.29, 1.82) is 0 Å². The smallest absolute Gasteiger partial charge is 0.217 e. The number of aromatic nitrogens is 6. The molecule has 0 fully saturated rings. The molecule has 0 saturated carbocycles. The highest BCUT2D eigenvalue weighted by Crippen LogP contribution is 2.34. The fourth-order valence-electron chi connectivity index (χ4n) is 3.48. The molecule has 0 bridgehead atoms. The first-order valence-corrected chi connectivity index (χ1v) is 9.59. The van der Waals surface area contributed by atoms with E-state index in [-0.39, 0.29) is 19.5 Å². The fraction of sp³-hybridized carbons (Fsp3) is 0.0952. The van der Waals surface area contributed by atoms with Crippen LogP contribution in [0.4, 0.5) is 11.5 Å². The number of rotatable bonds is 4. The van der Waals surface area contributed by atoms with Crippen LogP contribution < -0.4 is 5.32 Å². The van der Waals surface area contributed by atoms with Crippen LogP contribution in [-0.2, 0) is 0 Å². The molecule has 31 heavy (non-hydrogen) atoms. The van der Waals surface area contributed by atoms with Gasteiger partial charge in [-0.3, -0.25) is 0 Å². The summed E-state index contributed by atoms with van der Waals surface area (Å²) in [5.41, 5.74) is 4.42. The zero-order valence-electron chi connectivity index (χ0n) is 16.3. The van der Waals surface area contributed by atoms with Crippen LogP contribution in [0, 0.1) is 6.57 Å². The van der Waals surface area contributed by atoms with E-state index in [2.05, 4.69) is 30.1 Å². The molecule has 5 rings (SSSR count). The lowest BCUT2D eigenvalue weighted by Crippen LogP contribution is -2.12. The molecule has 0 amide bonds. The van der Waals surface area contributed by atoms with Crippen LogP contribution in [-0.4, -0.2) is 29.5 Å². The first kappa shape index (κ1) is 20.7. The van der Waals surface area contributed by atoms with Gasteiger partial charge in [-0.1, -0.05) is 41.9 Å². The lowest BCUT2D eigenvalue weighted by molar-refractivity contribution is 0.843. The van der Waals surface area contributed by atoms with E-state index >= 15 is 0 Å². The van der Waals surface area contributed by atoms with E-state index in [1.807, 2.05) is 43.3 Å². The second kappa shape index (κ2) is 8.26. The van der Waals surface area contributed by atoms with Gasteiger partial charge >= 0.3 is 0 Å². The molecule has 2 N–H and O–H groups in total. The Bertz CT molecular complexity index is 1420. The van der Waals surface area contributed by atoms with Gasteiger partial charge in [-0.2, -0.15) is 18.6 Å². The summed E-state index contributed by atoms with van der Waals surface area (Å²) in [7, 11) is 0. The summed E-state index contributed by atoms with van der Waals surface area (Å²) in [4.78, 5) is 19.5. The van der Waals surface area contributed by atoms with Gasteiger partial charge in [0.1, 0.15) is 17.8 Å². The number of anilines is 1. The first-order valence-electron chi connectivity index (χ1n) is 9.21. The van der Waals surface area contributed by atoms with Gasteiger partial charge in [0, 0.05) is 17.3 Å². The van der Waals surface area contributed by atoms with Crippen molar-refractivity contribution in [2.24, 2.45) is 0 Å². The van der Waals surface area contributed by atoms with Crippen molar-refractivity contribution in [3.05, 3.63) is 77.3 Å². The van der Waals surface area contributed by atoms with E-state index < -0.39 is 0 Å². The molecule has 1 aromatic carbocycles. The minimum atomic E-state index is -0.181. The molecule has 0 unspecified atom stereocenters. The van der Waals surface area contributed by atoms with Crippen LogP contribution in [0.15, 0.2) is 55.1 Å². The number of hydrogen-bond acceptors (Lipinski definition) is 5. The van der Waals surface area contributed by atoms with Gasteiger partial charge in [0.2, 0.25) is 5.69 Å². The van der Waals surface area contributed by atoms with Crippen molar-refractivity contribution in [3.8, 4) is 11.3 Å². The molecular weight excluding hydrogens is 432 g/mol. The molecule has 1 atom stereocenters. The predicted octanol–water partition coefficient (Wildman–Crippen LogP) is 5.16. The van der Waals surface area contributed by atoms with Crippen molar-refractivity contribution in [2.75, 3.05) is 5.32 Å². The van der Waals surface area contributed by atoms with E-state index in [0.29, 0.717) is 33.3 Å². The second-order valence-electron chi connectivity index (χ2n) is 6.76. The largest absolute Gasteiger partial charge is 0.364 e. The minimum Gasteiger partial charge on any atom is -0.364 e. The highest BCUT2D eigenvalue weighted by Gasteiger charge is 2.19. The molecule has 154 valence electrons.